The third-order valence-electron chi connectivity index (χ3n) is 5.57. The van der Waals surface area contributed by atoms with Crippen LogP contribution in [-0.2, 0) is 0 Å². The van der Waals surface area contributed by atoms with Crippen LogP contribution in [0, 0.1) is 5.92 Å². The van der Waals surface area contributed by atoms with Crippen LogP contribution >= 0.6 is 11.6 Å². The highest BCUT2D eigenvalue weighted by molar-refractivity contribution is 6.31. The number of amides is 1. The molecule has 12 heteroatoms. The van der Waals surface area contributed by atoms with Crippen LogP contribution in [0.3, 0.4) is 0 Å². The first-order valence-corrected chi connectivity index (χ1v) is 10.9. The Hall–Kier alpha value is -2.86. The van der Waals surface area contributed by atoms with Crippen molar-refractivity contribution in [2.75, 3.05) is 51.3 Å². The van der Waals surface area contributed by atoms with E-state index in [0.717, 1.165) is 13.0 Å². The Morgan fingerprint density at radius 3 is 2.94 bits per heavy atom. The summed E-state index contributed by atoms with van der Waals surface area (Å²) in [6.07, 6.45) is 1.63. The first-order valence-electron chi connectivity index (χ1n) is 10.6. The van der Waals surface area contributed by atoms with E-state index in [1.807, 2.05) is 0 Å². The number of nitrogens with zero attached hydrogens (tertiary/aromatic N) is 2. The molecule has 0 spiro atoms. The molecular weight excluding hydrogens is 454 g/mol. The van der Waals surface area contributed by atoms with Crippen LogP contribution in [0.25, 0.3) is 0 Å². The molecule has 6 N–H and O–H groups in total. The Morgan fingerprint density at radius 1 is 1.33 bits per heavy atom. The number of rotatable bonds is 7. The molecule has 1 amide bonds. The molecule has 0 unspecified atom stereocenters. The minimum atomic E-state index is -0.563. The van der Waals surface area contributed by atoms with Crippen molar-refractivity contribution in [2.45, 2.75) is 12.5 Å². The summed E-state index contributed by atoms with van der Waals surface area (Å²) in [5, 5.41) is 16.9. The van der Waals surface area contributed by atoms with Crippen LogP contribution in [0.5, 0.6) is 11.5 Å². The molecule has 180 valence electrons. The van der Waals surface area contributed by atoms with Gasteiger partial charge in [0.05, 0.1) is 11.7 Å². The molecule has 4 rings (SSSR count). The molecule has 0 radical (unpaired) electrons. The lowest BCUT2D eigenvalue weighted by atomic mass is 9.93. The van der Waals surface area contributed by atoms with Crippen molar-refractivity contribution < 1.29 is 24.9 Å². The number of aromatic amines is 1. The highest BCUT2D eigenvalue weighted by Gasteiger charge is 2.29. The number of β-amino-alcohol motifs (C(OH)–C–C–N with tert-alkyl or cyclic N) is 1. The van der Waals surface area contributed by atoms with Gasteiger partial charge in [0.1, 0.15) is 13.2 Å². The van der Waals surface area contributed by atoms with Crippen molar-refractivity contribution in [3.63, 3.8) is 0 Å². The minimum absolute atomic E-state index is 0. The van der Waals surface area contributed by atoms with Crippen molar-refractivity contribution in [2.24, 2.45) is 5.92 Å². The second kappa shape index (κ2) is 11.3. The van der Waals surface area contributed by atoms with E-state index in [9.17, 15) is 14.7 Å². The van der Waals surface area contributed by atoms with Gasteiger partial charge >= 0.3 is 0 Å². The molecule has 2 aliphatic rings. The number of halogens is 1. The summed E-state index contributed by atoms with van der Waals surface area (Å²) in [5.41, 5.74) is 0.121. The Balaban J connectivity index is 0.00000306. The average Bonchev–Trinajstić information content (AvgIpc) is 2.78. The number of hydrogen-bond donors (Lipinski definition) is 4. The number of aliphatic hydroxyl groups excluding tert-OH is 1. The van der Waals surface area contributed by atoms with Crippen molar-refractivity contribution in [1.29, 1.82) is 0 Å². The summed E-state index contributed by atoms with van der Waals surface area (Å²) < 4.78 is 11.1. The van der Waals surface area contributed by atoms with Gasteiger partial charge in [-0.2, -0.15) is 0 Å². The van der Waals surface area contributed by atoms with Crippen LogP contribution in [0.2, 0.25) is 5.02 Å². The number of aliphatic hydroxyl groups is 1. The topological polar surface area (TPSA) is 160 Å². The first-order chi connectivity index (χ1) is 15.5. The van der Waals surface area contributed by atoms with Crippen molar-refractivity contribution in [3.05, 3.63) is 45.3 Å². The number of carbonyl (C=O) groups is 1. The molecule has 1 aromatic carbocycles. The highest BCUT2D eigenvalue weighted by Crippen LogP contribution is 2.36. The SMILES string of the molecule is O.O=C(NC[C@H]1CCN(CCNc2nccc(=O)[nH]2)C[C@@H]1O)c1cc(Cl)cc2c1OCCO2. The lowest BCUT2D eigenvalue weighted by Gasteiger charge is -2.36. The summed E-state index contributed by atoms with van der Waals surface area (Å²) >= 11 is 6.11. The number of likely N-dealkylation sites (tertiary alicyclic amines) is 1. The molecule has 2 aromatic rings. The van der Waals surface area contributed by atoms with Gasteiger partial charge in [0, 0.05) is 55.4 Å². The number of hydrogen-bond acceptors (Lipinski definition) is 8. The Labute approximate surface area is 195 Å². The largest absolute Gasteiger partial charge is 0.486 e. The van der Waals surface area contributed by atoms with Crippen molar-refractivity contribution in [3.8, 4) is 11.5 Å². The Morgan fingerprint density at radius 2 is 2.15 bits per heavy atom. The fourth-order valence-corrected chi connectivity index (χ4v) is 4.10. The van der Waals surface area contributed by atoms with Crippen LogP contribution in [0.1, 0.15) is 16.8 Å². The second-order valence-electron chi connectivity index (χ2n) is 7.81. The van der Waals surface area contributed by atoms with Crippen molar-refractivity contribution in [1.82, 2.24) is 20.2 Å². The van der Waals surface area contributed by atoms with Gasteiger partial charge in [-0.25, -0.2) is 4.98 Å². The molecule has 0 saturated carbocycles. The summed E-state index contributed by atoms with van der Waals surface area (Å²) in [7, 11) is 0. The highest BCUT2D eigenvalue weighted by atomic mass is 35.5. The minimum Gasteiger partial charge on any atom is -0.486 e. The Kier molecular flexibility index (Phi) is 8.50. The average molecular weight is 482 g/mol. The number of carbonyl (C=O) groups excluding carboxylic acids is 1. The van der Waals surface area contributed by atoms with Crippen LogP contribution < -0.4 is 25.7 Å². The zero-order valence-electron chi connectivity index (χ0n) is 18.0. The molecule has 0 bridgehead atoms. The Bertz CT molecular complexity index is 1020. The maximum atomic E-state index is 12.7. The predicted molar refractivity (Wildman–Crippen MR) is 122 cm³/mol. The molecule has 1 aromatic heterocycles. The lowest BCUT2D eigenvalue weighted by molar-refractivity contribution is 0.0237. The summed E-state index contributed by atoms with van der Waals surface area (Å²) in [4.78, 5) is 32.8. The smallest absolute Gasteiger partial charge is 0.255 e. The number of benzene rings is 1. The standard InChI is InChI=1S/C21H26ClN5O5.H2O/c22-14-9-15(19-17(10-14)31-7-8-32-19)20(30)25-11-13-2-5-27(12-16(13)28)6-4-24-21-23-3-1-18(29)26-21;/h1,3,9-10,13,16,28H,2,4-8,11-12H2,(H,25,30)(H2,23,24,26,29);1H2/t13-,16+;/m1./s1. The van der Waals surface area contributed by atoms with Gasteiger partial charge in [0.25, 0.3) is 11.5 Å². The van der Waals surface area contributed by atoms with Gasteiger partial charge < -0.3 is 30.7 Å². The maximum absolute atomic E-state index is 12.7. The maximum Gasteiger partial charge on any atom is 0.255 e. The molecular formula is C21H28ClN5O6. The van der Waals surface area contributed by atoms with E-state index in [1.54, 1.807) is 12.1 Å². The van der Waals surface area contributed by atoms with Gasteiger partial charge in [-0.05, 0) is 19.0 Å². The summed E-state index contributed by atoms with van der Waals surface area (Å²) in [6.45, 7) is 3.71. The number of nitrogens with one attached hydrogen (secondary N) is 3. The van der Waals surface area contributed by atoms with Crippen LogP contribution in [0.4, 0.5) is 5.95 Å². The van der Waals surface area contributed by atoms with E-state index in [1.165, 1.54) is 12.3 Å². The summed E-state index contributed by atoms with van der Waals surface area (Å²) in [6, 6.07) is 4.55. The zero-order valence-corrected chi connectivity index (χ0v) is 18.7. The second-order valence-corrected chi connectivity index (χ2v) is 8.25. The molecule has 33 heavy (non-hydrogen) atoms. The fourth-order valence-electron chi connectivity index (χ4n) is 3.89. The molecule has 2 atom stereocenters. The van der Waals surface area contributed by atoms with Crippen molar-refractivity contribution >= 4 is 23.5 Å². The molecule has 0 aliphatic carbocycles. The van der Waals surface area contributed by atoms with Gasteiger partial charge in [-0.15, -0.1) is 0 Å². The van der Waals surface area contributed by atoms with E-state index >= 15 is 0 Å². The quantitative estimate of drug-likeness (QED) is 0.426. The van der Waals surface area contributed by atoms with E-state index in [4.69, 9.17) is 21.1 Å². The fraction of sp³-hybridized carbons (Fsp3) is 0.476. The number of fused-ring (bicyclic) bond motifs is 1. The lowest BCUT2D eigenvalue weighted by Crippen LogP contribution is -2.48. The van der Waals surface area contributed by atoms with Crippen LogP contribution in [-0.4, -0.2) is 83.4 Å². The normalized spacial score (nSPS) is 19.9. The summed E-state index contributed by atoms with van der Waals surface area (Å²) in [5.74, 6) is 0.925. The molecule has 2 aliphatic heterocycles. The van der Waals surface area contributed by atoms with Gasteiger partial charge in [0.15, 0.2) is 11.5 Å². The number of H-pyrrole nitrogens is 1. The molecule has 1 fully saturated rings. The zero-order chi connectivity index (χ0) is 22.5. The van der Waals surface area contributed by atoms with Gasteiger partial charge in [-0.1, -0.05) is 11.6 Å². The van der Waals surface area contributed by atoms with E-state index in [2.05, 4.69) is 25.5 Å². The number of aromatic nitrogens is 2. The van der Waals surface area contributed by atoms with Gasteiger partial charge in [-0.3, -0.25) is 19.5 Å². The monoisotopic (exact) mass is 481 g/mol. The van der Waals surface area contributed by atoms with E-state index in [0.29, 0.717) is 67.4 Å². The molecule has 3 heterocycles. The molecule has 1 saturated heterocycles. The number of anilines is 1. The van der Waals surface area contributed by atoms with E-state index < -0.39 is 6.10 Å². The third-order valence-corrected chi connectivity index (χ3v) is 5.79. The first kappa shape index (κ1) is 24.8. The van der Waals surface area contributed by atoms with Crippen LogP contribution in [0.15, 0.2) is 29.2 Å². The number of ether oxygens (including phenoxy) is 2. The number of piperidine rings is 1. The predicted octanol–water partition coefficient (Wildman–Crippen LogP) is -0.105. The van der Waals surface area contributed by atoms with Gasteiger partial charge in [0.2, 0.25) is 5.95 Å². The molecule has 11 nitrogen and oxygen atoms in total. The third kappa shape index (κ3) is 6.35. The van der Waals surface area contributed by atoms with E-state index in [-0.39, 0.29) is 22.9 Å².